The molecule has 0 aromatic rings. The van der Waals surface area contributed by atoms with Crippen LogP contribution in [0.2, 0.25) is 0 Å². The highest BCUT2D eigenvalue weighted by Gasteiger charge is 2.11. The molecule has 1 unspecified atom stereocenters. The topological polar surface area (TPSA) is 24.5 Å². The lowest BCUT2D eigenvalue weighted by Crippen LogP contribution is -2.38. The van der Waals surface area contributed by atoms with Gasteiger partial charge in [-0.05, 0) is 32.9 Å². The van der Waals surface area contributed by atoms with E-state index in [9.17, 15) is 0 Å². The second-order valence-corrected chi connectivity index (χ2v) is 4.56. The molecular weight excluding hydrogens is 188 g/mol. The first-order valence-electron chi connectivity index (χ1n) is 5.99. The number of likely N-dealkylation sites (N-methyl/N-ethyl adjacent to an activating group) is 1. The predicted molar refractivity (Wildman–Crippen MR) is 66.3 cm³/mol. The van der Waals surface area contributed by atoms with Crippen molar-refractivity contribution in [1.29, 1.82) is 0 Å². The molecule has 1 atom stereocenters. The van der Waals surface area contributed by atoms with Gasteiger partial charge in [-0.15, -0.1) is 0 Å². The van der Waals surface area contributed by atoms with E-state index in [1.54, 1.807) is 7.11 Å². The molecule has 0 aliphatic rings. The molecule has 0 rings (SSSR count). The van der Waals surface area contributed by atoms with E-state index in [0.29, 0.717) is 6.04 Å². The molecule has 0 aliphatic heterocycles. The molecule has 0 amide bonds. The van der Waals surface area contributed by atoms with Crippen LogP contribution < -0.4 is 5.32 Å². The molecule has 0 bridgehead atoms. The number of nitrogens with one attached hydrogen (secondary N) is 1. The summed E-state index contributed by atoms with van der Waals surface area (Å²) in [5.41, 5.74) is 0. The summed E-state index contributed by atoms with van der Waals surface area (Å²) in [5.74, 6) is 0.725. The number of hydrogen-bond donors (Lipinski definition) is 1. The van der Waals surface area contributed by atoms with Crippen molar-refractivity contribution in [3.8, 4) is 0 Å². The van der Waals surface area contributed by atoms with Gasteiger partial charge in [-0.3, -0.25) is 0 Å². The van der Waals surface area contributed by atoms with E-state index in [0.717, 1.165) is 38.6 Å². The molecular formula is C12H28N2O. The Hall–Kier alpha value is -0.120. The highest BCUT2D eigenvalue weighted by Crippen LogP contribution is 2.06. The molecule has 3 heteroatoms. The van der Waals surface area contributed by atoms with Crippen LogP contribution >= 0.6 is 0 Å². The Morgan fingerprint density at radius 2 is 1.87 bits per heavy atom. The predicted octanol–water partition coefficient (Wildman–Crippen LogP) is 1.59. The second kappa shape index (κ2) is 9.13. The zero-order valence-electron chi connectivity index (χ0n) is 11.0. The molecule has 92 valence electrons. The fraction of sp³-hybridized carbons (Fsp3) is 1.00. The summed E-state index contributed by atoms with van der Waals surface area (Å²) in [5, 5.41) is 3.42. The van der Waals surface area contributed by atoms with Gasteiger partial charge in [-0.2, -0.15) is 0 Å². The van der Waals surface area contributed by atoms with Gasteiger partial charge in [0.25, 0.3) is 0 Å². The van der Waals surface area contributed by atoms with E-state index in [1.165, 1.54) is 0 Å². The molecule has 1 N–H and O–H groups in total. The Balaban J connectivity index is 3.34. The zero-order valence-corrected chi connectivity index (χ0v) is 11.0. The van der Waals surface area contributed by atoms with Crippen molar-refractivity contribution in [2.24, 2.45) is 5.92 Å². The number of nitrogens with zero attached hydrogens (tertiary/aromatic N) is 1. The molecule has 0 spiro atoms. The second-order valence-electron chi connectivity index (χ2n) is 4.56. The fourth-order valence-corrected chi connectivity index (χ4v) is 1.43. The van der Waals surface area contributed by atoms with Gasteiger partial charge in [-0.25, -0.2) is 0 Å². The standard InChI is InChI=1S/C12H28N2O/c1-11(2)12(3)14(4)9-8-13-7-6-10-15-5/h11-13H,6-10H2,1-5H3. The van der Waals surface area contributed by atoms with E-state index in [2.05, 4.69) is 38.0 Å². The molecule has 0 radical (unpaired) electrons. The highest BCUT2D eigenvalue weighted by atomic mass is 16.5. The number of hydrogen-bond acceptors (Lipinski definition) is 3. The van der Waals surface area contributed by atoms with Crippen LogP contribution in [0.3, 0.4) is 0 Å². The van der Waals surface area contributed by atoms with Crippen molar-refractivity contribution in [2.75, 3.05) is 40.4 Å². The minimum Gasteiger partial charge on any atom is -0.385 e. The van der Waals surface area contributed by atoms with E-state index in [-0.39, 0.29) is 0 Å². The summed E-state index contributed by atoms with van der Waals surface area (Å²) in [4.78, 5) is 2.41. The third-order valence-electron chi connectivity index (χ3n) is 3.00. The zero-order chi connectivity index (χ0) is 11.7. The normalized spacial score (nSPS) is 13.8. The number of methoxy groups -OCH3 is 1. The summed E-state index contributed by atoms with van der Waals surface area (Å²) < 4.78 is 4.99. The van der Waals surface area contributed by atoms with Gasteiger partial charge in [0.15, 0.2) is 0 Å². The lowest BCUT2D eigenvalue weighted by atomic mass is 10.1. The third kappa shape index (κ3) is 7.77. The van der Waals surface area contributed by atoms with Gasteiger partial charge in [0, 0.05) is 32.8 Å². The van der Waals surface area contributed by atoms with Crippen LogP contribution in [0.25, 0.3) is 0 Å². The van der Waals surface area contributed by atoms with E-state index in [1.807, 2.05) is 0 Å². The van der Waals surface area contributed by atoms with Crippen LogP contribution in [-0.2, 0) is 4.74 Å². The van der Waals surface area contributed by atoms with Gasteiger partial charge in [0.05, 0.1) is 0 Å². The molecule has 15 heavy (non-hydrogen) atoms. The average molecular weight is 216 g/mol. The monoisotopic (exact) mass is 216 g/mol. The summed E-state index contributed by atoms with van der Waals surface area (Å²) in [7, 11) is 3.94. The van der Waals surface area contributed by atoms with Crippen LogP contribution in [0.5, 0.6) is 0 Å². The highest BCUT2D eigenvalue weighted by molar-refractivity contribution is 4.67. The average Bonchev–Trinajstić information content (AvgIpc) is 2.21. The Labute approximate surface area is 95.2 Å². The largest absolute Gasteiger partial charge is 0.385 e. The maximum atomic E-state index is 4.99. The smallest absolute Gasteiger partial charge is 0.0474 e. The SMILES string of the molecule is COCCCNCCN(C)C(C)C(C)C. The van der Waals surface area contributed by atoms with Gasteiger partial charge in [0.1, 0.15) is 0 Å². The molecule has 0 heterocycles. The first kappa shape index (κ1) is 14.9. The minimum absolute atomic E-state index is 0.658. The van der Waals surface area contributed by atoms with E-state index >= 15 is 0 Å². The molecule has 3 nitrogen and oxygen atoms in total. The Bertz CT molecular complexity index is 140. The molecule has 0 aromatic heterocycles. The molecule has 0 aromatic carbocycles. The van der Waals surface area contributed by atoms with Crippen molar-refractivity contribution < 1.29 is 4.74 Å². The lowest BCUT2D eigenvalue weighted by molar-refractivity contribution is 0.190. The summed E-state index contributed by atoms with van der Waals surface area (Å²) in [6, 6.07) is 0.658. The Kier molecular flexibility index (Phi) is 9.06. The van der Waals surface area contributed by atoms with Gasteiger partial charge in [-0.1, -0.05) is 13.8 Å². The van der Waals surface area contributed by atoms with Crippen molar-refractivity contribution in [3.63, 3.8) is 0 Å². The van der Waals surface area contributed by atoms with Crippen LogP contribution in [0, 0.1) is 5.92 Å². The van der Waals surface area contributed by atoms with Gasteiger partial charge in [0.2, 0.25) is 0 Å². The quantitative estimate of drug-likeness (QED) is 0.592. The van der Waals surface area contributed by atoms with Crippen LogP contribution in [0.1, 0.15) is 27.2 Å². The third-order valence-corrected chi connectivity index (χ3v) is 3.00. The molecule has 0 saturated heterocycles. The van der Waals surface area contributed by atoms with Crippen LogP contribution in [0.15, 0.2) is 0 Å². The van der Waals surface area contributed by atoms with Crippen molar-refractivity contribution >= 4 is 0 Å². The Morgan fingerprint density at radius 3 is 2.40 bits per heavy atom. The molecule has 0 saturated carbocycles. The van der Waals surface area contributed by atoms with Crippen LogP contribution in [0.4, 0.5) is 0 Å². The summed E-state index contributed by atoms with van der Waals surface area (Å²) >= 11 is 0. The summed E-state index contributed by atoms with van der Waals surface area (Å²) in [6.07, 6.45) is 1.10. The fourth-order valence-electron chi connectivity index (χ4n) is 1.43. The Morgan fingerprint density at radius 1 is 1.20 bits per heavy atom. The van der Waals surface area contributed by atoms with Crippen molar-refractivity contribution in [1.82, 2.24) is 10.2 Å². The number of rotatable bonds is 9. The van der Waals surface area contributed by atoms with Gasteiger partial charge < -0.3 is 15.0 Å². The molecule has 0 aliphatic carbocycles. The van der Waals surface area contributed by atoms with E-state index < -0.39 is 0 Å². The maximum Gasteiger partial charge on any atom is 0.0474 e. The first-order chi connectivity index (χ1) is 7.09. The lowest BCUT2D eigenvalue weighted by Gasteiger charge is -2.27. The maximum absolute atomic E-state index is 4.99. The summed E-state index contributed by atoms with van der Waals surface area (Å²) in [6.45, 7) is 10.9. The van der Waals surface area contributed by atoms with Crippen molar-refractivity contribution in [3.05, 3.63) is 0 Å². The van der Waals surface area contributed by atoms with E-state index in [4.69, 9.17) is 4.74 Å². The van der Waals surface area contributed by atoms with Crippen LogP contribution in [-0.4, -0.2) is 51.3 Å². The first-order valence-corrected chi connectivity index (χ1v) is 5.99. The number of ether oxygens (including phenoxy) is 1. The van der Waals surface area contributed by atoms with Gasteiger partial charge >= 0.3 is 0 Å². The minimum atomic E-state index is 0.658. The van der Waals surface area contributed by atoms with Crippen molar-refractivity contribution in [2.45, 2.75) is 33.2 Å². The molecule has 0 fully saturated rings.